The molecule has 0 aliphatic heterocycles. The molecule has 1 nitrogen and oxygen atoms in total. The molecule has 2 N–H and O–H groups in total. The summed E-state index contributed by atoms with van der Waals surface area (Å²) in [4.78, 5) is 0. The van der Waals surface area contributed by atoms with E-state index >= 15 is 0 Å². The van der Waals surface area contributed by atoms with Crippen molar-refractivity contribution < 1.29 is 0 Å². The first-order valence-electron chi connectivity index (χ1n) is 21.4. The first-order valence-corrected chi connectivity index (χ1v) is 21.4. The minimum Gasteiger partial charge on any atom is -0.333 e. The molecule has 0 saturated heterocycles. The van der Waals surface area contributed by atoms with Crippen LogP contribution in [0.15, 0.2) is 146 Å². The summed E-state index contributed by atoms with van der Waals surface area (Å²) in [5, 5.41) is 21.2. The third-order valence-corrected chi connectivity index (χ3v) is 12.4. The predicted octanol–water partition coefficient (Wildman–Crippen LogP) is 16.7. The second kappa shape index (κ2) is 14.4. The second-order valence-electron chi connectivity index (χ2n) is 18.5. The summed E-state index contributed by atoms with van der Waals surface area (Å²) < 4.78 is 0. The second-order valence-corrected chi connectivity index (χ2v) is 18.5. The molecule has 0 spiro atoms. The normalized spacial score (nSPS) is 12.3. The van der Waals surface area contributed by atoms with Gasteiger partial charge in [-0.15, -0.1) is 0 Å². The molecule has 0 aliphatic carbocycles. The van der Waals surface area contributed by atoms with Gasteiger partial charge in [-0.3, -0.25) is 0 Å². The fourth-order valence-electron chi connectivity index (χ4n) is 9.41. The Kier molecular flexibility index (Phi) is 9.37. The predicted molar refractivity (Wildman–Crippen MR) is 263 cm³/mol. The highest BCUT2D eigenvalue weighted by atomic mass is 14.4. The van der Waals surface area contributed by atoms with Gasteiger partial charge in [0.05, 0.1) is 0 Å². The van der Waals surface area contributed by atoms with E-state index in [1.165, 1.54) is 133 Å². The third kappa shape index (κ3) is 6.35. The number of hydrogen-bond acceptors (Lipinski definition) is 1. The zero-order valence-corrected chi connectivity index (χ0v) is 36.1. The van der Waals surface area contributed by atoms with Crippen molar-refractivity contribution in [3.05, 3.63) is 157 Å². The maximum Gasteiger partial charge on any atom is -0.00206 e. The Morgan fingerprint density at radius 1 is 0.322 bits per heavy atom. The Balaban J connectivity index is 0.000000861. The van der Waals surface area contributed by atoms with Gasteiger partial charge >= 0.3 is 0 Å². The Labute approximate surface area is 349 Å². The standard InChI is InChI=1S/C54H42.C3H8.CH5N/c1-53(2,3)41-27-37-11-7-31-13-19-45(47-23-17-39(29-41)49(37)51(31)47)35-15-21-43-33(25-35)9-10-34-26-36(16-22-44(34)43)46-20-14-32-8-12-38-28-42(54(4,5)6)30-40-18-24-48(46)52(32)50(38)40;1-3-2;1-2/h7-30H,1-6H3;3H2,1-2H3;2H2,1H3. The van der Waals surface area contributed by atoms with E-state index in [1.54, 1.807) is 0 Å². The van der Waals surface area contributed by atoms with Crippen LogP contribution in [0.2, 0.25) is 0 Å². The highest BCUT2D eigenvalue weighted by molar-refractivity contribution is 6.27. The molecule has 11 aromatic carbocycles. The van der Waals surface area contributed by atoms with Crippen LogP contribution in [0.25, 0.3) is 108 Å². The van der Waals surface area contributed by atoms with E-state index in [0.29, 0.717) is 0 Å². The summed E-state index contributed by atoms with van der Waals surface area (Å²) in [5.74, 6) is 0. The summed E-state index contributed by atoms with van der Waals surface area (Å²) in [6, 6.07) is 56.1. The Bertz CT molecular complexity index is 3090. The van der Waals surface area contributed by atoms with Gasteiger partial charge in [-0.05, 0) is 150 Å². The largest absolute Gasteiger partial charge is 0.333 e. The molecule has 0 unspecified atom stereocenters. The highest BCUT2D eigenvalue weighted by Crippen LogP contribution is 2.44. The van der Waals surface area contributed by atoms with E-state index in [-0.39, 0.29) is 10.8 Å². The Morgan fingerprint density at radius 2 is 0.610 bits per heavy atom. The molecule has 0 radical (unpaired) electrons. The Morgan fingerprint density at radius 3 is 0.966 bits per heavy atom. The van der Waals surface area contributed by atoms with E-state index in [2.05, 4.69) is 207 Å². The zero-order chi connectivity index (χ0) is 41.4. The quantitative estimate of drug-likeness (QED) is 0.174. The van der Waals surface area contributed by atoms with Gasteiger partial charge in [0, 0.05) is 0 Å². The van der Waals surface area contributed by atoms with E-state index in [0.717, 1.165) is 0 Å². The molecule has 0 saturated carbocycles. The molecule has 0 aromatic heterocycles. The van der Waals surface area contributed by atoms with Crippen LogP contribution < -0.4 is 5.73 Å². The molecule has 0 atom stereocenters. The zero-order valence-electron chi connectivity index (χ0n) is 36.1. The van der Waals surface area contributed by atoms with Gasteiger partial charge in [0.15, 0.2) is 0 Å². The van der Waals surface area contributed by atoms with Crippen LogP contribution in [0.5, 0.6) is 0 Å². The van der Waals surface area contributed by atoms with E-state index < -0.39 is 0 Å². The molecule has 0 amide bonds. The van der Waals surface area contributed by atoms with Crippen molar-refractivity contribution in [1.82, 2.24) is 0 Å². The Hall–Kier alpha value is -6.02. The van der Waals surface area contributed by atoms with Gasteiger partial charge in [-0.25, -0.2) is 0 Å². The van der Waals surface area contributed by atoms with Crippen LogP contribution in [0.1, 0.15) is 72.9 Å². The molecule has 11 rings (SSSR count). The van der Waals surface area contributed by atoms with Crippen LogP contribution in [-0.4, -0.2) is 7.05 Å². The fourth-order valence-corrected chi connectivity index (χ4v) is 9.41. The lowest BCUT2D eigenvalue weighted by molar-refractivity contribution is 0.591. The summed E-state index contributed by atoms with van der Waals surface area (Å²) >= 11 is 0. The lowest BCUT2D eigenvalue weighted by Crippen LogP contribution is -2.10. The molecule has 0 bridgehead atoms. The lowest BCUT2D eigenvalue weighted by atomic mass is 9.82. The van der Waals surface area contributed by atoms with Crippen molar-refractivity contribution in [2.75, 3.05) is 7.05 Å². The minimum absolute atomic E-state index is 0.104. The minimum atomic E-state index is 0.104. The van der Waals surface area contributed by atoms with Gasteiger partial charge in [0.2, 0.25) is 0 Å². The van der Waals surface area contributed by atoms with E-state index in [1.807, 2.05) is 0 Å². The van der Waals surface area contributed by atoms with Crippen LogP contribution in [0.3, 0.4) is 0 Å². The van der Waals surface area contributed by atoms with Gasteiger partial charge < -0.3 is 5.73 Å². The molecule has 1 heteroatoms. The SMILES string of the molecule is CC(C)(C)c1cc2ccc3ccc(-c4ccc5c(ccc6cc(-c7ccc8ccc9cc(C(C)(C)C)cc%10ccc7c8c9%10)ccc65)c4)c4ccc(c1)c2c34.CCC.CN. The first-order chi connectivity index (χ1) is 28.4. The number of nitrogens with two attached hydrogens (primary N) is 1. The average molecular weight is 766 g/mol. The molecule has 59 heavy (non-hydrogen) atoms. The topological polar surface area (TPSA) is 26.0 Å². The smallest absolute Gasteiger partial charge is 0.00206 e. The summed E-state index contributed by atoms with van der Waals surface area (Å²) in [6.45, 7) is 18.1. The summed E-state index contributed by atoms with van der Waals surface area (Å²) in [5.41, 5.74) is 12.6. The highest BCUT2D eigenvalue weighted by Gasteiger charge is 2.20. The number of benzene rings is 11. The van der Waals surface area contributed by atoms with E-state index in [9.17, 15) is 0 Å². The molecule has 292 valence electrons. The van der Waals surface area contributed by atoms with Crippen molar-refractivity contribution in [2.45, 2.75) is 72.6 Å². The molecule has 0 aliphatic rings. The molecular weight excluding hydrogens is 711 g/mol. The van der Waals surface area contributed by atoms with Crippen LogP contribution in [-0.2, 0) is 10.8 Å². The average Bonchev–Trinajstić information content (AvgIpc) is 3.24. The van der Waals surface area contributed by atoms with Gasteiger partial charge in [0.25, 0.3) is 0 Å². The van der Waals surface area contributed by atoms with Crippen LogP contribution in [0, 0.1) is 0 Å². The molecule has 11 aromatic rings. The monoisotopic (exact) mass is 765 g/mol. The maximum absolute atomic E-state index is 4.50. The van der Waals surface area contributed by atoms with Crippen molar-refractivity contribution >= 4 is 86.2 Å². The van der Waals surface area contributed by atoms with Crippen molar-refractivity contribution in [3.8, 4) is 22.3 Å². The maximum atomic E-state index is 4.50. The number of rotatable bonds is 2. The summed E-state index contributed by atoms with van der Waals surface area (Å²) in [7, 11) is 1.50. The lowest BCUT2D eigenvalue weighted by Gasteiger charge is -2.22. The van der Waals surface area contributed by atoms with Crippen molar-refractivity contribution in [1.29, 1.82) is 0 Å². The van der Waals surface area contributed by atoms with Crippen LogP contribution >= 0.6 is 0 Å². The van der Waals surface area contributed by atoms with Crippen molar-refractivity contribution in [3.63, 3.8) is 0 Å². The van der Waals surface area contributed by atoms with Crippen molar-refractivity contribution in [2.24, 2.45) is 5.73 Å². The summed E-state index contributed by atoms with van der Waals surface area (Å²) in [6.07, 6.45) is 1.25. The molecule has 0 heterocycles. The van der Waals surface area contributed by atoms with Crippen LogP contribution in [0.4, 0.5) is 0 Å². The first kappa shape index (κ1) is 38.5. The fraction of sp³-hybridized carbons (Fsp3) is 0.207. The number of hydrogen-bond donors (Lipinski definition) is 1. The van der Waals surface area contributed by atoms with Gasteiger partial charge in [-0.2, -0.15) is 0 Å². The van der Waals surface area contributed by atoms with Gasteiger partial charge in [0.1, 0.15) is 0 Å². The molecule has 0 fully saturated rings. The third-order valence-electron chi connectivity index (χ3n) is 12.4. The number of fused-ring (bicyclic) bond motifs is 3. The van der Waals surface area contributed by atoms with Gasteiger partial charge in [-0.1, -0.05) is 195 Å². The molecular formula is C58H55N. The van der Waals surface area contributed by atoms with E-state index in [4.69, 9.17) is 0 Å².